The van der Waals surface area contributed by atoms with E-state index < -0.39 is 6.10 Å². The lowest BCUT2D eigenvalue weighted by molar-refractivity contribution is -0.121. The van der Waals surface area contributed by atoms with E-state index in [1.54, 1.807) is 0 Å². The van der Waals surface area contributed by atoms with Gasteiger partial charge in [0, 0.05) is 39.2 Å². The Labute approximate surface area is 261 Å². The molecule has 1 atom stereocenters. The SMILES string of the molecule is CCCCCCCC/C=C\CCCCCCCC(=O)NCCCN(CCOCCCCCCCCCC)CC(O)CO. The Morgan fingerprint density at radius 3 is 1.79 bits per heavy atom. The van der Waals surface area contributed by atoms with Crippen LogP contribution in [-0.4, -0.2) is 73.1 Å². The number of amides is 1. The molecule has 1 unspecified atom stereocenters. The molecule has 0 spiro atoms. The van der Waals surface area contributed by atoms with Gasteiger partial charge in [0.05, 0.1) is 19.3 Å². The van der Waals surface area contributed by atoms with E-state index in [1.807, 2.05) is 0 Å². The molecule has 3 N–H and O–H groups in total. The van der Waals surface area contributed by atoms with Crippen LogP contribution in [0.4, 0.5) is 0 Å². The number of rotatable bonds is 34. The third-order valence-electron chi connectivity index (χ3n) is 8.01. The van der Waals surface area contributed by atoms with Crippen molar-refractivity contribution in [2.75, 3.05) is 46.0 Å². The van der Waals surface area contributed by atoms with Gasteiger partial charge in [-0.05, 0) is 44.9 Å². The summed E-state index contributed by atoms with van der Waals surface area (Å²) >= 11 is 0. The van der Waals surface area contributed by atoms with E-state index in [0.29, 0.717) is 26.1 Å². The Kier molecular flexibility index (Phi) is 33.8. The number of hydrogen-bond donors (Lipinski definition) is 3. The Morgan fingerprint density at radius 2 is 1.21 bits per heavy atom. The largest absolute Gasteiger partial charge is 0.394 e. The second kappa shape index (κ2) is 34.5. The number of allylic oxidation sites excluding steroid dienone is 2. The highest BCUT2D eigenvalue weighted by Gasteiger charge is 2.11. The second-order valence-corrected chi connectivity index (χ2v) is 12.3. The van der Waals surface area contributed by atoms with Gasteiger partial charge in [-0.25, -0.2) is 0 Å². The molecule has 0 aromatic heterocycles. The molecule has 0 aliphatic carbocycles. The Balaban J connectivity index is 3.70. The van der Waals surface area contributed by atoms with Gasteiger partial charge in [-0.3, -0.25) is 9.69 Å². The van der Waals surface area contributed by atoms with Gasteiger partial charge in [0.25, 0.3) is 0 Å². The molecule has 0 heterocycles. The first-order chi connectivity index (χ1) is 20.6. The number of carbonyl (C=O) groups excluding carboxylic acids is 1. The molecule has 6 heteroatoms. The fraction of sp³-hybridized carbons (Fsp3) is 0.917. The lowest BCUT2D eigenvalue weighted by atomic mass is 10.1. The summed E-state index contributed by atoms with van der Waals surface area (Å²) in [5.74, 6) is 0.142. The monoisotopic (exact) mass is 597 g/mol. The number of hydrogen-bond acceptors (Lipinski definition) is 5. The first kappa shape index (κ1) is 41.0. The third kappa shape index (κ3) is 32.0. The summed E-state index contributed by atoms with van der Waals surface area (Å²) in [6.45, 7) is 8.29. The Bertz CT molecular complexity index is 573. The van der Waals surface area contributed by atoms with Crippen molar-refractivity contribution in [1.29, 1.82) is 0 Å². The topological polar surface area (TPSA) is 82.0 Å². The van der Waals surface area contributed by atoms with Crippen LogP contribution >= 0.6 is 0 Å². The minimum atomic E-state index is -0.742. The number of nitrogens with zero attached hydrogens (tertiary/aromatic N) is 1. The number of aliphatic hydroxyl groups excluding tert-OH is 2. The predicted molar refractivity (Wildman–Crippen MR) is 180 cm³/mol. The van der Waals surface area contributed by atoms with Gasteiger partial charge in [0.15, 0.2) is 0 Å². The van der Waals surface area contributed by atoms with Gasteiger partial charge in [0.2, 0.25) is 5.91 Å². The van der Waals surface area contributed by atoms with Crippen LogP contribution in [0.5, 0.6) is 0 Å². The number of aliphatic hydroxyl groups is 2. The van der Waals surface area contributed by atoms with Crippen LogP contribution in [0.3, 0.4) is 0 Å². The minimum absolute atomic E-state index is 0.142. The quantitative estimate of drug-likeness (QED) is 0.0514. The van der Waals surface area contributed by atoms with E-state index in [-0.39, 0.29) is 12.5 Å². The van der Waals surface area contributed by atoms with E-state index in [1.165, 1.54) is 116 Å². The number of unbranched alkanes of at least 4 members (excludes halogenated alkanes) is 18. The molecule has 0 aromatic carbocycles. The van der Waals surface area contributed by atoms with Crippen molar-refractivity contribution in [2.45, 2.75) is 168 Å². The van der Waals surface area contributed by atoms with Crippen molar-refractivity contribution in [2.24, 2.45) is 0 Å². The summed E-state index contributed by atoms with van der Waals surface area (Å²) < 4.78 is 5.83. The molecule has 0 saturated carbocycles. The molecule has 0 fully saturated rings. The molecule has 1 amide bonds. The van der Waals surface area contributed by atoms with Crippen LogP contribution in [0.15, 0.2) is 12.2 Å². The summed E-state index contributed by atoms with van der Waals surface area (Å²) in [6.07, 6.45) is 32.2. The zero-order chi connectivity index (χ0) is 30.8. The number of carbonyl (C=O) groups is 1. The number of nitrogens with one attached hydrogen (secondary N) is 1. The minimum Gasteiger partial charge on any atom is -0.394 e. The summed E-state index contributed by atoms with van der Waals surface area (Å²) in [5, 5.41) is 22.2. The van der Waals surface area contributed by atoms with Crippen LogP contribution in [0, 0.1) is 0 Å². The predicted octanol–water partition coefficient (Wildman–Crippen LogP) is 8.34. The highest BCUT2D eigenvalue weighted by molar-refractivity contribution is 5.75. The summed E-state index contributed by atoms with van der Waals surface area (Å²) in [6, 6.07) is 0. The normalized spacial score (nSPS) is 12.5. The fourth-order valence-electron chi connectivity index (χ4n) is 5.26. The second-order valence-electron chi connectivity index (χ2n) is 12.3. The van der Waals surface area contributed by atoms with Gasteiger partial charge in [-0.15, -0.1) is 0 Å². The van der Waals surface area contributed by atoms with E-state index in [9.17, 15) is 15.0 Å². The Morgan fingerprint density at radius 1 is 0.690 bits per heavy atom. The molecule has 0 saturated heterocycles. The van der Waals surface area contributed by atoms with Crippen LogP contribution in [-0.2, 0) is 9.53 Å². The maximum atomic E-state index is 12.2. The fourth-order valence-corrected chi connectivity index (χ4v) is 5.26. The van der Waals surface area contributed by atoms with Crippen molar-refractivity contribution >= 4 is 5.91 Å². The van der Waals surface area contributed by atoms with E-state index >= 15 is 0 Å². The third-order valence-corrected chi connectivity index (χ3v) is 8.01. The highest BCUT2D eigenvalue weighted by Crippen LogP contribution is 2.11. The average molecular weight is 597 g/mol. The maximum absolute atomic E-state index is 12.2. The van der Waals surface area contributed by atoms with Crippen molar-refractivity contribution in [1.82, 2.24) is 10.2 Å². The summed E-state index contributed by atoms with van der Waals surface area (Å²) in [5.41, 5.74) is 0. The summed E-state index contributed by atoms with van der Waals surface area (Å²) in [7, 11) is 0. The molecule has 0 aliphatic rings. The van der Waals surface area contributed by atoms with E-state index in [2.05, 4.69) is 36.2 Å². The van der Waals surface area contributed by atoms with Crippen LogP contribution in [0.25, 0.3) is 0 Å². The van der Waals surface area contributed by atoms with Gasteiger partial charge in [0.1, 0.15) is 0 Å². The molecule has 0 rings (SSSR count). The lowest BCUT2D eigenvalue weighted by Gasteiger charge is -2.24. The molecule has 0 bridgehead atoms. The van der Waals surface area contributed by atoms with Crippen molar-refractivity contribution in [3.8, 4) is 0 Å². The molecular weight excluding hydrogens is 524 g/mol. The van der Waals surface area contributed by atoms with Crippen LogP contribution in [0.2, 0.25) is 0 Å². The molecular formula is C36H72N2O4. The lowest BCUT2D eigenvalue weighted by Crippen LogP contribution is -2.38. The highest BCUT2D eigenvalue weighted by atomic mass is 16.5. The Hall–Kier alpha value is -0.950. The number of ether oxygens (including phenoxy) is 1. The van der Waals surface area contributed by atoms with Crippen molar-refractivity contribution < 1.29 is 19.7 Å². The van der Waals surface area contributed by atoms with Crippen molar-refractivity contribution in [3.63, 3.8) is 0 Å². The van der Waals surface area contributed by atoms with E-state index in [0.717, 1.165) is 45.4 Å². The average Bonchev–Trinajstić information content (AvgIpc) is 2.99. The molecule has 0 aromatic rings. The first-order valence-corrected chi connectivity index (χ1v) is 18.1. The smallest absolute Gasteiger partial charge is 0.219 e. The maximum Gasteiger partial charge on any atom is 0.219 e. The van der Waals surface area contributed by atoms with Gasteiger partial charge in [-0.1, -0.05) is 122 Å². The van der Waals surface area contributed by atoms with Gasteiger partial charge < -0.3 is 20.3 Å². The zero-order valence-electron chi connectivity index (χ0n) is 28.1. The van der Waals surface area contributed by atoms with Crippen LogP contribution < -0.4 is 5.32 Å². The first-order valence-electron chi connectivity index (χ1n) is 18.1. The zero-order valence-corrected chi connectivity index (χ0v) is 28.1. The van der Waals surface area contributed by atoms with E-state index in [4.69, 9.17) is 4.74 Å². The molecule has 6 nitrogen and oxygen atoms in total. The molecule has 0 aliphatic heterocycles. The molecule has 250 valence electrons. The van der Waals surface area contributed by atoms with Crippen molar-refractivity contribution in [3.05, 3.63) is 12.2 Å². The molecule has 42 heavy (non-hydrogen) atoms. The standard InChI is InChI=1S/C36H72N2O4/c1-3-5-7-9-11-13-14-15-16-17-18-19-20-22-24-27-36(41)37-28-26-29-38(33-35(40)34-39)30-32-42-31-25-23-21-12-10-8-6-4-2/h15-16,35,39-40H,3-14,17-34H2,1-2H3,(H,37,41)/b16-15-. The van der Waals surface area contributed by atoms with Gasteiger partial charge in [-0.2, -0.15) is 0 Å². The van der Waals surface area contributed by atoms with Crippen LogP contribution in [0.1, 0.15) is 162 Å². The molecule has 0 radical (unpaired) electrons. The van der Waals surface area contributed by atoms with Gasteiger partial charge >= 0.3 is 0 Å². The summed E-state index contributed by atoms with van der Waals surface area (Å²) in [4.78, 5) is 14.3.